The van der Waals surface area contributed by atoms with E-state index in [0.717, 1.165) is 33.5 Å². The normalized spacial score (nSPS) is 18.9. The lowest BCUT2D eigenvalue weighted by molar-refractivity contribution is -0.142. The van der Waals surface area contributed by atoms with Gasteiger partial charge in [-0.1, -0.05) is 22.0 Å². The molecule has 2 unspecified atom stereocenters. The minimum Gasteiger partial charge on any atom is -0.496 e. The molecule has 0 radical (unpaired) electrons. The van der Waals surface area contributed by atoms with Gasteiger partial charge in [0.05, 0.1) is 18.8 Å². The van der Waals surface area contributed by atoms with Crippen LogP contribution in [0.25, 0.3) is 0 Å². The first kappa shape index (κ1) is 17.9. The lowest BCUT2D eigenvalue weighted by Gasteiger charge is -2.32. The predicted molar refractivity (Wildman–Crippen MR) is 98.9 cm³/mol. The van der Waals surface area contributed by atoms with Crippen molar-refractivity contribution in [1.82, 2.24) is 9.88 Å². The number of carboxylic acids is 1. The van der Waals surface area contributed by atoms with Crippen LogP contribution in [0, 0.1) is 6.92 Å². The molecule has 0 spiro atoms. The van der Waals surface area contributed by atoms with Gasteiger partial charge >= 0.3 is 5.97 Å². The van der Waals surface area contributed by atoms with Gasteiger partial charge in [0.15, 0.2) is 0 Å². The van der Waals surface area contributed by atoms with Gasteiger partial charge in [0.2, 0.25) is 0 Å². The van der Waals surface area contributed by atoms with Crippen LogP contribution >= 0.6 is 15.9 Å². The summed E-state index contributed by atoms with van der Waals surface area (Å²) in [4.78, 5) is 18.4. The van der Waals surface area contributed by atoms with Crippen LogP contribution in [0.1, 0.15) is 35.7 Å². The maximum absolute atomic E-state index is 11.8. The summed E-state index contributed by atoms with van der Waals surface area (Å²) >= 11 is 3.52. The van der Waals surface area contributed by atoms with Gasteiger partial charge in [-0.3, -0.25) is 14.7 Å². The molecule has 1 aliphatic rings. The van der Waals surface area contributed by atoms with Crippen LogP contribution in [0.2, 0.25) is 0 Å². The highest BCUT2D eigenvalue weighted by molar-refractivity contribution is 9.10. The van der Waals surface area contributed by atoms with Crippen molar-refractivity contribution in [2.45, 2.75) is 31.8 Å². The highest BCUT2D eigenvalue weighted by atomic mass is 79.9. The Bertz CT molecular complexity index is 764. The van der Waals surface area contributed by atoms with E-state index < -0.39 is 12.0 Å². The van der Waals surface area contributed by atoms with Crippen LogP contribution in [-0.2, 0) is 4.79 Å². The Morgan fingerprint density at radius 2 is 2.20 bits per heavy atom. The average Bonchev–Trinajstić information content (AvgIpc) is 3.07. The Morgan fingerprint density at radius 3 is 2.84 bits per heavy atom. The van der Waals surface area contributed by atoms with Crippen molar-refractivity contribution in [1.29, 1.82) is 0 Å². The number of likely N-dealkylation sites (tertiary alicyclic amines) is 1. The number of aromatic nitrogens is 1. The molecule has 1 aliphatic heterocycles. The number of rotatable bonds is 5. The number of hydrogen-bond donors (Lipinski definition) is 1. The number of nitrogens with zero attached hydrogens (tertiary/aromatic N) is 2. The molecule has 132 valence electrons. The third-order valence-corrected chi connectivity index (χ3v) is 5.10. The topological polar surface area (TPSA) is 62.7 Å². The Kier molecular flexibility index (Phi) is 5.39. The first-order chi connectivity index (χ1) is 12.0. The van der Waals surface area contributed by atoms with Crippen LogP contribution in [0.4, 0.5) is 0 Å². The van der Waals surface area contributed by atoms with Crippen LogP contribution in [-0.4, -0.2) is 40.7 Å². The van der Waals surface area contributed by atoms with E-state index in [1.807, 2.05) is 48.4 Å². The molecule has 1 aromatic carbocycles. The van der Waals surface area contributed by atoms with E-state index in [-0.39, 0.29) is 6.04 Å². The Morgan fingerprint density at radius 1 is 1.40 bits per heavy atom. The number of halogens is 1. The van der Waals surface area contributed by atoms with Gasteiger partial charge in [0, 0.05) is 22.8 Å². The van der Waals surface area contributed by atoms with Crippen LogP contribution in [0.5, 0.6) is 5.75 Å². The maximum atomic E-state index is 11.8. The molecule has 6 heteroatoms. The monoisotopic (exact) mass is 404 g/mol. The molecule has 0 saturated carbocycles. The summed E-state index contributed by atoms with van der Waals surface area (Å²) in [5.74, 6) is -0.0600. The molecule has 0 aliphatic carbocycles. The van der Waals surface area contributed by atoms with Crippen molar-refractivity contribution in [3.05, 3.63) is 57.8 Å². The number of carbonyl (C=O) groups is 1. The van der Waals surface area contributed by atoms with E-state index in [1.165, 1.54) is 0 Å². The predicted octanol–water partition coefficient (Wildman–Crippen LogP) is 3.80. The van der Waals surface area contributed by atoms with Crippen molar-refractivity contribution in [3.63, 3.8) is 0 Å². The fourth-order valence-electron chi connectivity index (χ4n) is 3.43. The molecule has 2 atom stereocenters. The molecule has 0 bridgehead atoms. The van der Waals surface area contributed by atoms with Crippen molar-refractivity contribution in [3.8, 4) is 5.75 Å². The molecule has 25 heavy (non-hydrogen) atoms. The second-order valence-corrected chi connectivity index (χ2v) is 7.20. The van der Waals surface area contributed by atoms with Crippen LogP contribution in [0.15, 0.2) is 41.0 Å². The third-order valence-electron chi connectivity index (χ3n) is 4.61. The SMILES string of the molecule is COc1ccc(Br)cc1C(c1ccc(C)cn1)N1CCCC1C(=O)O. The quantitative estimate of drug-likeness (QED) is 0.820. The fourth-order valence-corrected chi connectivity index (χ4v) is 3.81. The number of aliphatic carboxylic acids is 1. The molecule has 1 fully saturated rings. The molecule has 2 heterocycles. The first-order valence-corrected chi connectivity index (χ1v) is 9.05. The minimum atomic E-state index is -0.788. The van der Waals surface area contributed by atoms with E-state index in [2.05, 4.69) is 20.9 Å². The van der Waals surface area contributed by atoms with Crippen LogP contribution in [0.3, 0.4) is 0 Å². The smallest absolute Gasteiger partial charge is 0.320 e. The third kappa shape index (κ3) is 3.70. The standard InChI is InChI=1S/C19H21BrN2O3/c1-12-5-7-15(21-11-12)18(22-9-3-4-16(22)19(23)24)14-10-13(20)6-8-17(14)25-2/h5-8,10-11,16,18H,3-4,9H2,1-2H3,(H,23,24). The largest absolute Gasteiger partial charge is 0.496 e. The van der Waals surface area contributed by atoms with Gasteiger partial charge < -0.3 is 9.84 Å². The second kappa shape index (κ2) is 7.54. The zero-order valence-corrected chi connectivity index (χ0v) is 15.9. The summed E-state index contributed by atoms with van der Waals surface area (Å²) in [6.07, 6.45) is 3.32. The molecular formula is C19H21BrN2O3. The van der Waals surface area contributed by atoms with E-state index in [4.69, 9.17) is 4.74 Å². The first-order valence-electron chi connectivity index (χ1n) is 8.26. The molecule has 1 N–H and O–H groups in total. The lowest BCUT2D eigenvalue weighted by atomic mass is 9.98. The van der Waals surface area contributed by atoms with E-state index in [1.54, 1.807) is 7.11 Å². The number of methoxy groups -OCH3 is 1. The van der Waals surface area contributed by atoms with Crippen molar-refractivity contribution < 1.29 is 14.6 Å². The Labute approximate surface area is 155 Å². The number of benzene rings is 1. The summed E-state index contributed by atoms with van der Waals surface area (Å²) in [5, 5.41) is 9.65. The summed E-state index contributed by atoms with van der Waals surface area (Å²) < 4.78 is 6.48. The maximum Gasteiger partial charge on any atom is 0.320 e. The second-order valence-electron chi connectivity index (χ2n) is 6.28. The van der Waals surface area contributed by atoms with Crippen molar-refractivity contribution in [2.24, 2.45) is 0 Å². The summed E-state index contributed by atoms with van der Waals surface area (Å²) in [6, 6.07) is 8.99. The van der Waals surface area contributed by atoms with E-state index in [9.17, 15) is 9.90 Å². The summed E-state index contributed by atoms with van der Waals surface area (Å²) in [7, 11) is 1.63. The molecule has 5 nitrogen and oxygen atoms in total. The average molecular weight is 405 g/mol. The molecule has 1 aromatic heterocycles. The highest BCUT2D eigenvalue weighted by Gasteiger charge is 2.38. The van der Waals surface area contributed by atoms with E-state index >= 15 is 0 Å². The highest BCUT2D eigenvalue weighted by Crippen LogP contribution is 2.39. The number of hydrogen-bond acceptors (Lipinski definition) is 4. The summed E-state index contributed by atoms with van der Waals surface area (Å²) in [6.45, 7) is 2.70. The van der Waals surface area contributed by atoms with Crippen molar-refractivity contribution in [2.75, 3.05) is 13.7 Å². The fraction of sp³-hybridized carbons (Fsp3) is 0.368. The summed E-state index contributed by atoms with van der Waals surface area (Å²) in [5.41, 5.74) is 2.82. The zero-order chi connectivity index (χ0) is 18.0. The van der Waals surface area contributed by atoms with Gasteiger partial charge in [-0.25, -0.2) is 0 Å². The number of ether oxygens (including phenoxy) is 1. The Hall–Kier alpha value is -1.92. The molecule has 1 saturated heterocycles. The molecule has 2 aromatic rings. The Balaban J connectivity index is 2.14. The number of carboxylic acid groups (broad SMARTS) is 1. The van der Waals surface area contributed by atoms with Gasteiger partial charge in [0.25, 0.3) is 0 Å². The number of pyridine rings is 1. The molecular weight excluding hydrogens is 384 g/mol. The minimum absolute atomic E-state index is 0.267. The van der Waals surface area contributed by atoms with Gasteiger partial charge in [0.1, 0.15) is 11.8 Å². The van der Waals surface area contributed by atoms with Crippen molar-refractivity contribution >= 4 is 21.9 Å². The van der Waals surface area contributed by atoms with E-state index in [0.29, 0.717) is 13.0 Å². The lowest BCUT2D eigenvalue weighted by Crippen LogP contribution is -2.39. The molecule has 0 amide bonds. The molecule has 3 rings (SSSR count). The van der Waals surface area contributed by atoms with Crippen LogP contribution < -0.4 is 4.74 Å². The number of aryl methyl sites for hydroxylation is 1. The van der Waals surface area contributed by atoms with Gasteiger partial charge in [-0.2, -0.15) is 0 Å². The van der Waals surface area contributed by atoms with Gasteiger partial charge in [-0.15, -0.1) is 0 Å². The zero-order valence-electron chi connectivity index (χ0n) is 14.3. The van der Waals surface area contributed by atoms with Gasteiger partial charge in [-0.05, 0) is 49.6 Å².